The molecule has 0 spiro atoms. The standard InChI is InChI=1S/C17H16F2N2O2/c18-12-3-6-16(15(19)9-12)23-14-4-1-11(2-5-14)17(22)21-8-7-13(20)10-21/h1-6,9,13H,7-8,10,20H2/t13-/m0/s1. The van der Waals surface area contributed by atoms with Crippen molar-refractivity contribution in [3.63, 3.8) is 0 Å². The van der Waals surface area contributed by atoms with Gasteiger partial charge >= 0.3 is 0 Å². The molecule has 0 radical (unpaired) electrons. The van der Waals surface area contributed by atoms with E-state index in [4.69, 9.17) is 10.5 Å². The second-order valence-electron chi connectivity index (χ2n) is 5.50. The van der Waals surface area contributed by atoms with Gasteiger partial charge in [-0.15, -0.1) is 0 Å². The number of carbonyl (C=O) groups is 1. The van der Waals surface area contributed by atoms with Gasteiger partial charge in [0, 0.05) is 30.8 Å². The highest BCUT2D eigenvalue weighted by molar-refractivity contribution is 5.94. The smallest absolute Gasteiger partial charge is 0.253 e. The first-order chi connectivity index (χ1) is 11.0. The Kier molecular flexibility index (Phi) is 4.25. The zero-order valence-corrected chi connectivity index (χ0v) is 12.3. The third-order valence-electron chi connectivity index (χ3n) is 3.73. The van der Waals surface area contributed by atoms with Crippen LogP contribution in [0.2, 0.25) is 0 Å². The van der Waals surface area contributed by atoms with Crippen LogP contribution in [0.25, 0.3) is 0 Å². The molecule has 0 aliphatic carbocycles. The van der Waals surface area contributed by atoms with E-state index in [0.29, 0.717) is 24.4 Å². The molecule has 4 nitrogen and oxygen atoms in total. The second-order valence-corrected chi connectivity index (χ2v) is 5.50. The molecular formula is C17H16F2N2O2. The Morgan fingerprint density at radius 2 is 1.91 bits per heavy atom. The van der Waals surface area contributed by atoms with Gasteiger partial charge in [0.15, 0.2) is 11.6 Å². The lowest BCUT2D eigenvalue weighted by Gasteiger charge is -2.16. The molecule has 1 saturated heterocycles. The van der Waals surface area contributed by atoms with E-state index >= 15 is 0 Å². The number of ether oxygens (including phenoxy) is 1. The third-order valence-corrected chi connectivity index (χ3v) is 3.73. The predicted octanol–water partition coefficient (Wildman–Crippen LogP) is 2.93. The van der Waals surface area contributed by atoms with Crippen molar-refractivity contribution in [2.45, 2.75) is 12.5 Å². The fraction of sp³-hybridized carbons (Fsp3) is 0.235. The molecular weight excluding hydrogens is 302 g/mol. The van der Waals surface area contributed by atoms with E-state index in [0.717, 1.165) is 18.6 Å². The van der Waals surface area contributed by atoms with Crippen molar-refractivity contribution in [3.05, 3.63) is 59.7 Å². The Bertz CT molecular complexity index is 719. The van der Waals surface area contributed by atoms with E-state index in [9.17, 15) is 13.6 Å². The van der Waals surface area contributed by atoms with E-state index in [1.54, 1.807) is 29.2 Å². The zero-order chi connectivity index (χ0) is 16.4. The molecule has 0 aromatic heterocycles. The minimum Gasteiger partial charge on any atom is -0.454 e. The SMILES string of the molecule is N[C@H]1CCN(C(=O)c2ccc(Oc3ccc(F)cc3F)cc2)C1. The lowest BCUT2D eigenvalue weighted by molar-refractivity contribution is 0.0791. The van der Waals surface area contributed by atoms with Crippen molar-refractivity contribution in [2.24, 2.45) is 5.73 Å². The molecule has 1 aliphatic heterocycles. The summed E-state index contributed by atoms with van der Waals surface area (Å²) in [6.07, 6.45) is 0.802. The van der Waals surface area contributed by atoms with E-state index in [1.807, 2.05) is 0 Å². The molecule has 23 heavy (non-hydrogen) atoms. The summed E-state index contributed by atoms with van der Waals surface area (Å²) >= 11 is 0. The summed E-state index contributed by atoms with van der Waals surface area (Å²) in [7, 11) is 0. The molecule has 1 amide bonds. The highest BCUT2D eigenvalue weighted by Crippen LogP contribution is 2.25. The lowest BCUT2D eigenvalue weighted by atomic mass is 10.2. The largest absolute Gasteiger partial charge is 0.454 e. The Balaban J connectivity index is 1.70. The number of hydrogen-bond donors (Lipinski definition) is 1. The Morgan fingerprint density at radius 3 is 2.52 bits per heavy atom. The summed E-state index contributed by atoms with van der Waals surface area (Å²) in [5.41, 5.74) is 6.32. The fourth-order valence-corrected chi connectivity index (χ4v) is 2.50. The van der Waals surface area contributed by atoms with E-state index in [-0.39, 0.29) is 17.7 Å². The number of benzene rings is 2. The number of amides is 1. The minimum absolute atomic E-state index is 0.0306. The average molecular weight is 318 g/mol. The van der Waals surface area contributed by atoms with Crippen LogP contribution in [0.15, 0.2) is 42.5 Å². The van der Waals surface area contributed by atoms with Crippen LogP contribution in [-0.2, 0) is 0 Å². The first kappa shape index (κ1) is 15.4. The van der Waals surface area contributed by atoms with Crippen LogP contribution in [0.4, 0.5) is 8.78 Å². The second kappa shape index (κ2) is 6.34. The van der Waals surface area contributed by atoms with Gasteiger partial charge in [-0.05, 0) is 42.8 Å². The van der Waals surface area contributed by atoms with Crippen molar-refractivity contribution >= 4 is 5.91 Å². The summed E-state index contributed by atoms with van der Waals surface area (Å²) in [5, 5.41) is 0. The molecule has 2 aromatic rings. The van der Waals surface area contributed by atoms with Gasteiger partial charge in [-0.1, -0.05) is 0 Å². The van der Waals surface area contributed by atoms with Gasteiger partial charge in [0.1, 0.15) is 11.6 Å². The molecule has 1 fully saturated rings. The number of hydrogen-bond acceptors (Lipinski definition) is 3. The summed E-state index contributed by atoms with van der Waals surface area (Å²) in [6, 6.07) is 9.50. The molecule has 2 aromatic carbocycles. The van der Waals surface area contributed by atoms with Gasteiger partial charge in [-0.3, -0.25) is 4.79 Å². The van der Waals surface area contributed by atoms with Crippen LogP contribution in [0, 0.1) is 11.6 Å². The van der Waals surface area contributed by atoms with Crippen molar-refractivity contribution in [2.75, 3.05) is 13.1 Å². The predicted molar refractivity (Wildman–Crippen MR) is 81.4 cm³/mol. The molecule has 0 saturated carbocycles. The van der Waals surface area contributed by atoms with Crippen LogP contribution in [0.1, 0.15) is 16.8 Å². The third kappa shape index (κ3) is 3.48. The zero-order valence-electron chi connectivity index (χ0n) is 12.3. The molecule has 1 aliphatic rings. The molecule has 1 heterocycles. The maximum atomic E-state index is 13.5. The first-order valence-electron chi connectivity index (χ1n) is 7.31. The molecule has 6 heteroatoms. The molecule has 1 atom stereocenters. The number of likely N-dealkylation sites (tertiary alicyclic amines) is 1. The van der Waals surface area contributed by atoms with Crippen LogP contribution < -0.4 is 10.5 Å². The molecule has 0 unspecified atom stereocenters. The molecule has 3 rings (SSSR count). The number of nitrogens with two attached hydrogens (primary N) is 1. The lowest BCUT2D eigenvalue weighted by Crippen LogP contribution is -2.31. The van der Waals surface area contributed by atoms with Gasteiger partial charge in [0.05, 0.1) is 0 Å². The quantitative estimate of drug-likeness (QED) is 0.946. The minimum atomic E-state index is -0.781. The average Bonchev–Trinajstić information content (AvgIpc) is 2.97. The normalized spacial score (nSPS) is 17.3. The summed E-state index contributed by atoms with van der Waals surface area (Å²) in [6.45, 7) is 1.21. The van der Waals surface area contributed by atoms with Gasteiger partial charge in [-0.25, -0.2) is 8.78 Å². The maximum Gasteiger partial charge on any atom is 0.253 e. The highest BCUT2D eigenvalue weighted by Gasteiger charge is 2.24. The van der Waals surface area contributed by atoms with Gasteiger partial charge in [0.2, 0.25) is 0 Å². The number of nitrogens with zero attached hydrogens (tertiary/aromatic N) is 1. The summed E-state index contributed by atoms with van der Waals surface area (Å²) < 4.78 is 31.8. The van der Waals surface area contributed by atoms with E-state index in [2.05, 4.69) is 0 Å². The van der Waals surface area contributed by atoms with Crippen LogP contribution >= 0.6 is 0 Å². The Labute approximate surface area is 132 Å². The number of halogens is 2. The van der Waals surface area contributed by atoms with Crippen molar-refractivity contribution in [1.29, 1.82) is 0 Å². The van der Waals surface area contributed by atoms with Gasteiger partial charge in [-0.2, -0.15) is 0 Å². The Morgan fingerprint density at radius 1 is 1.17 bits per heavy atom. The van der Waals surface area contributed by atoms with Crippen molar-refractivity contribution in [1.82, 2.24) is 4.90 Å². The van der Waals surface area contributed by atoms with E-state index < -0.39 is 11.6 Å². The summed E-state index contributed by atoms with van der Waals surface area (Å²) in [5.74, 6) is -1.24. The molecule has 2 N–H and O–H groups in total. The maximum absolute atomic E-state index is 13.5. The molecule has 120 valence electrons. The number of carbonyl (C=O) groups excluding carboxylic acids is 1. The van der Waals surface area contributed by atoms with Crippen LogP contribution in [0.5, 0.6) is 11.5 Å². The van der Waals surface area contributed by atoms with E-state index in [1.165, 1.54) is 6.07 Å². The summed E-state index contributed by atoms with van der Waals surface area (Å²) in [4.78, 5) is 14.0. The van der Waals surface area contributed by atoms with Gasteiger partial charge in [0.25, 0.3) is 5.91 Å². The van der Waals surface area contributed by atoms with Crippen molar-refractivity contribution in [3.8, 4) is 11.5 Å². The van der Waals surface area contributed by atoms with Gasteiger partial charge < -0.3 is 15.4 Å². The Hall–Kier alpha value is -2.47. The number of rotatable bonds is 3. The van der Waals surface area contributed by atoms with Crippen LogP contribution in [0.3, 0.4) is 0 Å². The highest BCUT2D eigenvalue weighted by atomic mass is 19.1. The fourth-order valence-electron chi connectivity index (χ4n) is 2.50. The van der Waals surface area contributed by atoms with Crippen molar-refractivity contribution < 1.29 is 18.3 Å². The first-order valence-corrected chi connectivity index (χ1v) is 7.31. The van der Waals surface area contributed by atoms with Crippen LogP contribution in [-0.4, -0.2) is 29.9 Å². The topological polar surface area (TPSA) is 55.6 Å². The monoisotopic (exact) mass is 318 g/mol. The molecule has 0 bridgehead atoms.